The van der Waals surface area contributed by atoms with Crippen LogP contribution in [0.2, 0.25) is 0 Å². The van der Waals surface area contributed by atoms with Crippen LogP contribution in [0.15, 0.2) is 121 Å². The van der Waals surface area contributed by atoms with E-state index in [1.54, 1.807) is 24.3 Å². The molecule has 0 spiro atoms. The second-order valence-corrected chi connectivity index (χ2v) is 12.8. The van der Waals surface area contributed by atoms with Gasteiger partial charge in [0.1, 0.15) is 0 Å². The van der Waals surface area contributed by atoms with Gasteiger partial charge in [0.15, 0.2) is 6.29 Å². The van der Waals surface area contributed by atoms with Crippen molar-refractivity contribution in [1.29, 1.82) is 0 Å². The van der Waals surface area contributed by atoms with E-state index < -0.39 is 6.29 Å². The number of aromatic nitrogens is 1. The number of aliphatic hydroxyl groups excluding tert-OH is 1. The highest BCUT2D eigenvalue weighted by Gasteiger charge is 2.35. The van der Waals surface area contributed by atoms with E-state index in [1.165, 1.54) is 4.90 Å². The SMILES string of the molecule is CN(CCc1ccccn1)CC1CC(c2ccc(CO)cc2)OC(c2cccc(-c3cccc(CN4C(=O)c5ccccc5C4=O)c3)c2)O1. The average Bonchev–Trinajstić information content (AvgIpc) is 3.39. The first-order valence-electron chi connectivity index (χ1n) is 16.7. The Morgan fingerprint density at radius 3 is 2.20 bits per heavy atom. The molecule has 3 unspecified atom stereocenters. The molecule has 49 heavy (non-hydrogen) atoms. The molecule has 8 heteroatoms. The fourth-order valence-corrected chi connectivity index (χ4v) is 6.60. The summed E-state index contributed by atoms with van der Waals surface area (Å²) >= 11 is 0. The molecule has 1 saturated heterocycles. The lowest BCUT2D eigenvalue weighted by Gasteiger charge is -2.38. The van der Waals surface area contributed by atoms with Crippen LogP contribution in [0.1, 0.15) is 67.5 Å². The number of likely N-dealkylation sites (N-methyl/N-ethyl adjacent to an activating group) is 1. The van der Waals surface area contributed by atoms with Crippen molar-refractivity contribution in [2.24, 2.45) is 0 Å². The molecule has 0 saturated carbocycles. The third-order valence-corrected chi connectivity index (χ3v) is 9.24. The predicted molar refractivity (Wildman–Crippen MR) is 186 cm³/mol. The fourth-order valence-electron chi connectivity index (χ4n) is 6.60. The predicted octanol–water partition coefficient (Wildman–Crippen LogP) is 6.76. The van der Waals surface area contributed by atoms with E-state index in [2.05, 4.69) is 23.0 Å². The van der Waals surface area contributed by atoms with Crippen molar-refractivity contribution in [1.82, 2.24) is 14.8 Å². The van der Waals surface area contributed by atoms with Crippen LogP contribution in [0.3, 0.4) is 0 Å². The molecule has 3 atom stereocenters. The first-order valence-corrected chi connectivity index (χ1v) is 16.7. The normalized spacial score (nSPS) is 19.0. The monoisotopic (exact) mass is 653 g/mol. The molecular formula is C41H39N3O5. The number of nitrogens with zero attached hydrogens (tertiary/aromatic N) is 3. The summed E-state index contributed by atoms with van der Waals surface area (Å²) < 4.78 is 13.3. The maximum absolute atomic E-state index is 13.0. The minimum absolute atomic E-state index is 0.00643. The number of amides is 2. The van der Waals surface area contributed by atoms with E-state index in [0.717, 1.165) is 58.6 Å². The molecule has 4 aromatic carbocycles. The molecule has 0 aliphatic carbocycles. The van der Waals surface area contributed by atoms with Crippen molar-refractivity contribution < 1.29 is 24.2 Å². The van der Waals surface area contributed by atoms with Gasteiger partial charge in [0, 0.05) is 43.4 Å². The highest BCUT2D eigenvalue weighted by Crippen LogP contribution is 2.39. The van der Waals surface area contributed by atoms with Gasteiger partial charge < -0.3 is 19.5 Å². The summed E-state index contributed by atoms with van der Waals surface area (Å²) in [6, 6.07) is 37.0. The largest absolute Gasteiger partial charge is 0.392 e. The number of ether oxygens (including phenoxy) is 2. The van der Waals surface area contributed by atoms with E-state index in [9.17, 15) is 14.7 Å². The molecule has 2 aliphatic rings. The van der Waals surface area contributed by atoms with Crippen molar-refractivity contribution in [3.8, 4) is 11.1 Å². The summed E-state index contributed by atoms with van der Waals surface area (Å²) in [6.45, 7) is 1.77. The van der Waals surface area contributed by atoms with Gasteiger partial charge in [-0.25, -0.2) is 0 Å². The van der Waals surface area contributed by atoms with Crippen molar-refractivity contribution in [3.63, 3.8) is 0 Å². The van der Waals surface area contributed by atoms with Gasteiger partial charge in [-0.05, 0) is 71.3 Å². The summed E-state index contributed by atoms with van der Waals surface area (Å²) in [5.41, 5.74) is 7.57. The zero-order chi connectivity index (χ0) is 33.7. The third kappa shape index (κ3) is 7.38. The van der Waals surface area contributed by atoms with Crippen LogP contribution in [0.5, 0.6) is 0 Å². The molecule has 8 nitrogen and oxygen atoms in total. The molecule has 5 aromatic rings. The summed E-state index contributed by atoms with van der Waals surface area (Å²) in [4.78, 5) is 34.1. The zero-order valence-corrected chi connectivity index (χ0v) is 27.4. The molecule has 3 heterocycles. The molecule has 7 rings (SSSR count). The number of pyridine rings is 1. The number of fused-ring (bicyclic) bond motifs is 1. The molecule has 0 bridgehead atoms. The molecule has 1 N–H and O–H groups in total. The lowest BCUT2D eigenvalue weighted by atomic mass is 9.98. The third-order valence-electron chi connectivity index (χ3n) is 9.24. The molecule has 0 radical (unpaired) electrons. The van der Waals surface area contributed by atoms with E-state index in [4.69, 9.17) is 9.47 Å². The first-order chi connectivity index (χ1) is 23.9. The Hall–Kier alpha value is -4.99. The fraction of sp³-hybridized carbons (Fsp3) is 0.244. The zero-order valence-electron chi connectivity index (χ0n) is 27.4. The summed E-state index contributed by atoms with van der Waals surface area (Å²) in [7, 11) is 2.11. The number of hydrogen-bond acceptors (Lipinski definition) is 7. The minimum atomic E-state index is -0.591. The van der Waals surface area contributed by atoms with Gasteiger partial charge in [0.2, 0.25) is 0 Å². The molecule has 2 aliphatic heterocycles. The van der Waals surface area contributed by atoms with Crippen LogP contribution >= 0.6 is 0 Å². The van der Waals surface area contributed by atoms with Crippen LogP contribution in [0.25, 0.3) is 11.1 Å². The first kappa shape index (κ1) is 32.6. The lowest BCUT2D eigenvalue weighted by Crippen LogP contribution is -2.38. The minimum Gasteiger partial charge on any atom is -0.392 e. The Bertz CT molecular complexity index is 1890. The Morgan fingerprint density at radius 2 is 1.49 bits per heavy atom. The lowest BCUT2D eigenvalue weighted by molar-refractivity contribution is -0.252. The number of carbonyl (C=O) groups excluding carboxylic acids is 2. The smallest absolute Gasteiger partial charge is 0.261 e. The summed E-state index contributed by atoms with van der Waals surface area (Å²) in [5, 5.41) is 9.58. The second kappa shape index (κ2) is 14.6. The van der Waals surface area contributed by atoms with Crippen LogP contribution in [-0.4, -0.2) is 57.9 Å². The van der Waals surface area contributed by atoms with Crippen molar-refractivity contribution in [2.45, 2.75) is 44.5 Å². The van der Waals surface area contributed by atoms with Crippen molar-refractivity contribution in [3.05, 3.63) is 161 Å². The van der Waals surface area contributed by atoms with Gasteiger partial charge in [-0.15, -0.1) is 0 Å². The number of hydrogen-bond donors (Lipinski definition) is 1. The van der Waals surface area contributed by atoms with E-state index in [0.29, 0.717) is 17.5 Å². The Kier molecular flexibility index (Phi) is 9.72. The Balaban J connectivity index is 1.09. The molecular weight excluding hydrogens is 614 g/mol. The van der Waals surface area contributed by atoms with E-state index in [-0.39, 0.29) is 37.2 Å². The van der Waals surface area contributed by atoms with Crippen LogP contribution < -0.4 is 0 Å². The molecule has 248 valence electrons. The van der Waals surface area contributed by atoms with Gasteiger partial charge in [0.05, 0.1) is 36.5 Å². The molecule has 2 amide bonds. The Morgan fingerprint density at radius 1 is 0.776 bits per heavy atom. The summed E-state index contributed by atoms with van der Waals surface area (Å²) in [5.74, 6) is -0.533. The van der Waals surface area contributed by atoms with Crippen LogP contribution in [-0.2, 0) is 29.0 Å². The Labute approximate surface area is 286 Å². The number of benzene rings is 4. The highest BCUT2D eigenvalue weighted by atomic mass is 16.7. The number of rotatable bonds is 11. The summed E-state index contributed by atoms with van der Waals surface area (Å²) in [6.07, 6.45) is 2.51. The van der Waals surface area contributed by atoms with Crippen LogP contribution in [0, 0.1) is 0 Å². The maximum Gasteiger partial charge on any atom is 0.261 e. The quantitative estimate of drug-likeness (QED) is 0.158. The van der Waals surface area contributed by atoms with Gasteiger partial charge in [-0.3, -0.25) is 19.5 Å². The van der Waals surface area contributed by atoms with Gasteiger partial charge in [-0.1, -0.05) is 78.9 Å². The van der Waals surface area contributed by atoms with Crippen molar-refractivity contribution >= 4 is 11.8 Å². The average molecular weight is 654 g/mol. The van der Waals surface area contributed by atoms with Crippen LogP contribution in [0.4, 0.5) is 0 Å². The molecule has 1 aromatic heterocycles. The van der Waals surface area contributed by atoms with Gasteiger partial charge in [0.25, 0.3) is 11.8 Å². The standard InChI is InChI=1S/C41H39N3O5/c1-43(21-19-34-12-4-5-20-42-34)26-35-24-38(30-17-15-28(27-45)16-18-30)49-41(48-35)33-11-7-10-32(23-33)31-9-6-8-29(22-31)25-44-39(46)36-13-2-3-14-37(36)40(44)47/h2-18,20,22-23,35,38,41,45H,19,21,24-27H2,1H3. The van der Waals surface area contributed by atoms with Crippen molar-refractivity contribution in [2.75, 3.05) is 20.1 Å². The maximum atomic E-state index is 13.0. The highest BCUT2D eigenvalue weighted by molar-refractivity contribution is 6.21. The number of carbonyl (C=O) groups is 2. The van der Waals surface area contributed by atoms with Gasteiger partial charge >= 0.3 is 0 Å². The van der Waals surface area contributed by atoms with E-state index in [1.807, 2.05) is 91.1 Å². The van der Waals surface area contributed by atoms with E-state index >= 15 is 0 Å². The number of imide groups is 1. The number of aliphatic hydroxyl groups is 1. The second-order valence-electron chi connectivity index (χ2n) is 12.8. The van der Waals surface area contributed by atoms with Gasteiger partial charge in [-0.2, -0.15) is 0 Å². The molecule has 1 fully saturated rings. The topological polar surface area (TPSA) is 92.2 Å².